The predicted molar refractivity (Wildman–Crippen MR) is 169 cm³/mol. The third kappa shape index (κ3) is 6.13. The van der Waals surface area contributed by atoms with E-state index in [2.05, 4.69) is 15.2 Å². The Hall–Kier alpha value is -5.16. The Morgan fingerprint density at radius 2 is 1.71 bits per heavy atom. The lowest BCUT2D eigenvalue weighted by atomic mass is 9.79. The molecule has 2 amide bonds. The highest BCUT2D eigenvalue weighted by Gasteiger charge is 2.60. The molecule has 250 valence electrons. The lowest BCUT2D eigenvalue weighted by Crippen LogP contribution is -2.63. The number of aromatic amines is 1. The van der Waals surface area contributed by atoms with Crippen molar-refractivity contribution in [1.82, 2.24) is 25.0 Å². The number of likely N-dealkylation sites (tertiary alicyclic amines) is 1. The van der Waals surface area contributed by atoms with Crippen LogP contribution in [0.5, 0.6) is 0 Å². The van der Waals surface area contributed by atoms with Crippen molar-refractivity contribution in [2.75, 3.05) is 6.54 Å². The number of nitrogens with one attached hydrogen (secondary N) is 1. The van der Waals surface area contributed by atoms with Crippen molar-refractivity contribution in [3.8, 4) is 0 Å². The number of nitrogens with zero attached hydrogens (tertiary/aromatic N) is 6. The fourth-order valence-electron chi connectivity index (χ4n) is 6.58. The van der Waals surface area contributed by atoms with Gasteiger partial charge in [0.1, 0.15) is 24.5 Å². The molecule has 0 aliphatic carbocycles. The Labute approximate surface area is 277 Å². The Bertz CT molecular complexity index is 1780. The Kier molecular flexibility index (Phi) is 8.98. The van der Waals surface area contributed by atoms with Gasteiger partial charge in [0.25, 0.3) is 11.4 Å². The van der Waals surface area contributed by atoms with Crippen LogP contribution in [-0.4, -0.2) is 81.7 Å². The Morgan fingerprint density at radius 1 is 1.08 bits per heavy atom. The van der Waals surface area contributed by atoms with Crippen LogP contribution in [0.3, 0.4) is 0 Å². The number of carbonyl (C=O) groups excluding carboxylic acids is 3. The number of fused-ring (bicyclic) bond motifs is 1. The monoisotopic (exact) mass is 677 g/mol. The Balaban J connectivity index is 1.24. The molecule has 16 nitrogen and oxygen atoms in total. The van der Waals surface area contributed by atoms with E-state index in [1.807, 2.05) is 6.92 Å². The standard InChI is InChI=1S/C31H31N7O9S/c1-16-26-25(17(2)39)30(41)36(26)27(31(42)47-14-19-5-9-21(10-6-19)38(45)46)28(16)48-22-12-23(29-32-15-33-34-29)35(13-22)24(40)11-18-3-7-20(8-4-18)37(43)44/h3-10,15-17,22-23,25-26,39H,11-14H2,1-2H3,(H,32,33,34)/t16-,17-,22+,23+,25-,26-/m1/s1. The van der Waals surface area contributed by atoms with Crippen LogP contribution in [0.4, 0.5) is 11.4 Å². The van der Waals surface area contributed by atoms with Gasteiger partial charge in [0.15, 0.2) is 0 Å². The van der Waals surface area contributed by atoms with Crippen molar-refractivity contribution >= 4 is 40.9 Å². The number of carbonyl (C=O) groups is 3. The first kappa shape index (κ1) is 32.8. The van der Waals surface area contributed by atoms with Crippen molar-refractivity contribution in [2.24, 2.45) is 11.8 Å². The van der Waals surface area contributed by atoms with Crippen LogP contribution in [0.15, 0.2) is 65.5 Å². The van der Waals surface area contributed by atoms with Gasteiger partial charge in [-0.3, -0.25) is 34.9 Å². The number of rotatable bonds is 11. The summed E-state index contributed by atoms with van der Waals surface area (Å²) in [5, 5.41) is 39.0. The first-order chi connectivity index (χ1) is 22.9. The molecule has 6 rings (SSSR count). The van der Waals surface area contributed by atoms with Crippen LogP contribution in [-0.2, 0) is 32.1 Å². The summed E-state index contributed by atoms with van der Waals surface area (Å²) >= 11 is 1.38. The molecule has 3 aliphatic heterocycles. The maximum Gasteiger partial charge on any atom is 0.356 e. The molecule has 0 spiro atoms. The summed E-state index contributed by atoms with van der Waals surface area (Å²) in [7, 11) is 0. The molecule has 3 aliphatic rings. The molecule has 0 bridgehead atoms. The van der Waals surface area contributed by atoms with Crippen molar-refractivity contribution in [3.05, 3.63) is 103 Å². The average molecular weight is 678 g/mol. The van der Waals surface area contributed by atoms with Gasteiger partial charge in [-0.1, -0.05) is 19.1 Å². The third-order valence-corrected chi connectivity index (χ3v) is 10.4. The zero-order chi connectivity index (χ0) is 34.3. The molecule has 0 radical (unpaired) electrons. The minimum atomic E-state index is -0.933. The summed E-state index contributed by atoms with van der Waals surface area (Å²) in [6.45, 7) is 3.53. The lowest BCUT2D eigenvalue weighted by molar-refractivity contribution is -0.385. The second-order valence-corrected chi connectivity index (χ2v) is 13.3. The first-order valence-corrected chi connectivity index (χ1v) is 16.0. The number of aliphatic hydroxyl groups excluding tert-OH is 1. The zero-order valence-electron chi connectivity index (χ0n) is 25.8. The first-order valence-electron chi connectivity index (χ1n) is 15.1. The van der Waals surface area contributed by atoms with Crippen LogP contribution >= 0.6 is 11.8 Å². The fraction of sp³-hybridized carbons (Fsp3) is 0.387. The number of aromatic nitrogens is 3. The van der Waals surface area contributed by atoms with Gasteiger partial charge < -0.3 is 19.6 Å². The number of hydrogen-bond acceptors (Lipinski definition) is 12. The van der Waals surface area contributed by atoms with Crippen molar-refractivity contribution in [3.63, 3.8) is 0 Å². The molecular formula is C31H31N7O9S. The zero-order valence-corrected chi connectivity index (χ0v) is 26.6. The molecule has 4 heterocycles. The van der Waals surface area contributed by atoms with Crippen LogP contribution in [0.2, 0.25) is 0 Å². The number of benzene rings is 2. The minimum absolute atomic E-state index is 0.000239. The van der Waals surface area contributed by atoms with E-state index in [0.717, 1.165) is 0 Å². The number of hydrogen-bond donors (Lipinski definition) is 2. The van der Waals surface area contributed by atoms with Gasteiger partial charge in [-0.2, -0.15) is 5.10 Å². The molecule has 0 saturated carbocycles. The van der Waals surface area contributed by atoms with E-state index in [1.165, 1.54) is 66.3 Å². The van der Waals surface area contributed by atoms with Gasteiger partial charge in [0, 0.05) is 46.9 Å². The van der Waals surface area contributed by atoms with Crippen molar-refractivity contribution < 1.29 is 34.1 Å². The number of thioether (sulfide) groups is 1. The van der Waals surface area contributed by atoms with Crippen LogP contribution in [0.1, 0.15) is 43.3 Å². The summed E-state index contributed by atoms with van der Waals surface area (Å²) in [6.07, 6.45) is 0.867. The number of nitro groups is 2. The molecule has 1 aromatic heterocycles. The number of non-ortho nitro benzene ring substituents is 2. The topological polar surface area (TPSA) is 215 Å². The second kappa shape index (κ2) is 13.2. The number of β-lactam (4-membered cyclic amide) rings is 1. The third-order valence-electron chi connectivity index (χ3n) is 8.95. The number of aliphatic hydroxyl groups is 1. The molecule has 17 heteroatoms. The van der Waals surface area contributed by atoms with Crippen LogP contribution in [0.25, 0.3) is 0 Å². The SMILES string of the molecule is C[C@@H](O)[C@H]1C(=O)N2C(C(=O)OCc3ccc([N+](=O)[O-])cc3)=C(S[C@H]3C[C@@H](c4ncn[nH]4)N(C(=O)Cc4ccc([N+](=O)[O-])cc4)C3)[C@H](C)[C@H]12. The summed E-state index contributed by atoms with van der Waals surface area (Å²) in [5.74, 6) is -1.87. The smallest absolute Gasteiger partial charge is 0.356 e. The molecule has 48 heavy (non-hydrogen) atoms. The summed E-state index contributed by atoms with van der Waals surface area (Å²) in [6, 6.07) is 10.5. The van der Waals surface area contributed by atoms with Gasteiger partial charge in [0.05, 0.1) is 40.4 Å². The molecule has 2 aromatic carbocycles. The number of ether oxygens (including phenoxy) is 1. The summed E-state index contributed by atoms with van der Waals surface area (Å²) in [5.41, 5.74) is 1.04. The largest absolute Gasteiger partial charge is 0.456 e. The van der Waals surface area contributed by atoms with E-state index < -0.39 is 39.9 Å². The molecule has 3 aromatic rings. The fourth-order valence-corrected chi connectivity index (χ4v) is 8.10. The van der Waals surface area contributed by atoms with Gasteiger partial charge >= 0.3 is 5.97 Å². The summed E-state index contributed by atoms with van der Waals surface area (Å²) in [4.78, 5) is 69.5. The highest BCUT2D eigenvalue weighted by Crippen LogP contribution is 2.53. The van der Waals surface area contributed by atoms with Crippen molar-refractivity contribution in [1.29, 1.82) is 0 Å². The molecule has 6 atom stereocenters. The van der Waals surface area contributed by atoms with Gasteiger partial charge in [0.2, 0.25) is 11.8 Å². The van der Waals surface area contributed by atoms with Crippen LogP contribution in [0, 0.1) is 32.1 Å². The maximum atomic E-state index is 13.6. The molecule has 0 unspecified atom stereocenters. The average Bonchev–Trinajstić information content (AvgIpc) is 3.79. The normalized spacial score (nSPS) is 23.9. The van der Waals surface area contributed by atoms with Gasteiger partial charge in [-0.05, 0) is 36.6 Å². The molecule has 2 saturated heterocycles. The lowest BCUT2D eigenvalue weighted by Gasteiger charge is -2.46. The van der Waals surface area contributed by atoms with Crippen LogP contribution < -0.4 is 0 Å². The second-order valence-electron chi connectivity index (χ2n) is 12.0. The number of esters is 1. The molecule has 2 N–H and O–H groups in total. The quantitative estimate of drug-likeness (QED) is 0.130. The highest BCUT2D eigenvalue weighted by atomic mass is 32.2. The maximum absolute atomic E-state index is 13.6. The number of nitro benzene ring substituents is 2. The predicted octanol–water partition coefficient (Wildman–Crippen LogP) is 3.05. The van der Waals surface area contributed by atoms with E-state index in [1.54, 1.807) is 17.0 Å². The van der Waals surface area contributed by atoms with E-state index in [9.17, 15) is 39.7 Å². The Morgan fingerprint density at radius 3 is 2.27 bits per heavy atom. The molecular weight excluding hydrogens is 646 g/mol. The molecule has 2 fully saturated rings. The van der Waals surface area contributed by atoms with Crippen molar-refractivity contribution in [2.45, 2.75) is 56.7 Å². The number of amides is 2. The summed E-state index contributed by atoms with van der Waals surface area (Å²) < 4.78 is 5.61. The minimum Gasteiger partial charge on any atom is -0.456 e. The van der Waals surface area contributed by atoms with E-state index in [0.29, 0.717) is 28.3 Å². The van der Waals surface area contributed by atoms with Gasteiger partial charge in [-0.25, -0.2) is 9.78 Å². The van der Waals surface area contributed by atoms with E-state index in [4.69, 9.17) is 4.74 Å². The van der Waals surface area contributed by atoms with Gasteiger partial charge in [-0.15, -0.1) is 11.8 Å². The van der Waals surface area contributed by atoms with E-state index in [-0.39, 0.29) is 59.6 Å². The number of H-pyrrole nitrogens is 1. The van der Waals surface area contributed by atoms with E-state index >= 15 is 0 Å². The highest BCUT2D eigenvalue weighted by molar-refractivity contribution is 8.03.